The van der Waals surface area contributed by atoms with Crippen LogP contribution in [-0.2, 0) is 0 Å². The van der Waals surface area contributed by atoms with Gasteiger partial charge in [-0.3, -0.25) is 14.7 Å². The molecular formula is C21H22F2N4O. The number of halogens is 2. The van der Waals surface area contributed by atoms with E-state index >= 15 is 0 Å². The summed E-state index contributed by atoms with van der Waals surface area (Å²) in [6.07, 6.45) is 2.78. The summed E-state index contributed by atoms with van der Waals surface area (Å²) < 4.78 is 26.2. The van der Waals surface area contributed by atoms with Gasteiger partial charge in [0.1, 0.15) is 0 Å². The minimum Gasteiger partial charge on any atom is -0.349 e. The Morgan fingerprint density at radius 1 is 1.29 bits per heavy atom. The number of likely N-dealkylation sites (tertiary alicyclic amines) is 1. The van der Waals surface area contributed by atoms with Gasteiger partial charge in [-0.05, 0) is 31.0 Å². The molecule has 0 aliphatic carbocycles. The van der Waals surface area contributed by atoms with Crippen molar-refractivity contribution in [1.29, 1.82) is 5.26 Å². The molecule has 1 aliphatic rings. The van der Waals surface area contributed by atoms with Crippen molar-refractivity contribution in [3.8, 4) is 17.3 Å². The smallest absolute Gasteiger partial charge is 0.257 e. The fourth-order valence-electron chi connectivity index (χ4n) is 3.39. The first-order valence-electron chi connectivity index (χ1n) is 9.22. The molecule has 0 saturated carbocycles. The van der Waals surface area contributed by atoms with Crippen molar-refractivity contribution in [2.45, 2.75) is 31.7 Å². The Bertz CT molecular complexity index is 863. The third-order valence-corrected chi connectivity index (χ3v) is 4.77. The normalized spacial score (nSPS) is 15.8. The Labute approximate surface area is 163 Å². The van der Waals surface area contributed by atoms with Gasteiger partial charge in [-0.15, -0.1) is 0 Å². The number of alkyl halides is 2. The predicted molar refractivity (Wildman–Crippen MR) is 102 cm³/mol. The van der Waals surface area contributed by atoms with E-state index in [2.05, 4.69) is 16.4 Å². The Kier molecular flexibility index (Phi) is 6.00. The van der Waals surface area contributed by atoms with Crippen molar-refractivity contribution in [2.24, 2.45) is 0 Å². The third-order valence-electron chi connectivity index (χ3n) is 4.77. The maximum absolute atomic E-state index is 13.1. The predicted octanol–water partition coefficient (Wildman–Crippen LogP) is 3.47. The molecule has 0 radical (unpaired) electrons. The van der Waals surface area contributed by atoms with Crippen molar-refractivity contribution in [2.75, 3.05) is 19.6 Å². The van der Waals surface area contributed by atoms with Gasteiger partial charge in [0.15, 0.2) is 0 Å². The lowest BCUT2D eigenvalue weighted by atomic mass is 10.0. The van der Waals surface area contributed by atoms with E-state index < -0.39 is 5.92 Å². The summed E-state index contributed by atoms with van der Waals surface area (Å²) >= 11 is 0. The second kappa shape index (κ2) is 8.44. The Hall–Kier alpha value is -2.85. The first-order valence-corrected chi connectivity index (χ1v) is 9.22. The number of carbonyl (C=O) groups excluding carboxylic acids is 1. The molecule has 146 valence electrons. The number of carbonyl (C=O) groups is 1. The van der Waals surface area contributed by atoms with E-state index in [1.165, 1.54) is 6.20 Å². The van der Waals surface area contributed by atoms with Crippen LogP contribution >= 0.6 is 0 Å². The maximum Gasteiger partial charge on any atom is 0.257 e. The highest BCUT2D eigenvalue weighted by molar-refractivity contribution is 5.94. The third kappa shape index (κ3) is 5.11. The van der Waals surface area contributed by atoms with Gasteiger partial charge in [-0.2, -0.15) is 5.26 Å². The molecule has 1 saturated heterocycles. The van der Waals surface area contributed by atoms with Gasteiger partial charge in [0.25, 0.3) is 11.8 Å². The number of rotatable bonds is 5. The highest BCUT2D eigenvalue weighted by Crippen LogP contribution is 2.22. The highest BCUT2D eigenvalue weighted by atomic mass is 19.3. The molecule has 1 aliphatic heterocycles. The molecule has 0 bridgehead atoms. The number of amides is 1. The second-order valence-electron chi connectivity index (χ2n) is 7.18. The van der Waals surface area contributed by atoms with Crippen LogP contribution in [0.5, 0.6) is 0 Å². The van der Waals surface area contributed by atoms with E-state index in [1.807, 2.05) is 12.1 Å². The van der Waals surface area contributed by atoms with E-state index in [1.54, 1.807) is 29.2 Å². The van der Waals surface area contributed by atoms with Crippen LogP contribution in [0.15, 0.2) is 42.6 Å². The molecule has 2 aromatic rings. The van der Waals surface area contributed by atoms with Crippen molar-refractivity contribution in [1.82, 2.24) is 15.2 Å². The molecule has 1 fully saturated rings. The fourth-order valence-corrected chi connectivity index (χ4v) is 3.39. The minimum absolute atomic E-state index is 0.0341. The number of aromatic nitrogens is 1. The topological polar surface area (TPSA) is 69.0 Å². The summed E-state index contributed by atoms with van der Waals surface area (Å²) in [4.78, 5) is 18.5. The number of nitriles is 1. The van der Waals surface area contributed by atoms with Crippen molar-refractivity contribution in [3.63, 3.8) is 0 Å². The number of hydrogen-bond donors (Lipinski definition) is 1. The highest BCUT2D eigenvalue weighted by Gasteiger charge is 2.28. The molecule has 1 aromatic heterocycles. The van der Waals surface area contributed by atoms with Crippen LogP contribution in [0.25, 0.3) is 11.3 Å². The van der Waals surface area contributed by atoms with Crippen LogP contribution in [-0.4, -0.2) is 47.4 Å². The van der Waals surface area contributed by atoms with Crippen LogP contribution in [0.1, 0.15) is 35.7 Å². The Morgan fingerprint density at radius 2 is 2.00 bits per heavy atom. The summed E-state index contributed by atoms with van der Waals surface area (Å²) in [5.41, 5.74) is 2.30. The molecule has 0 spiro atoms. The SMILES string of the molecule is CC(F)(F)CN1CCC(NC(=O)c2ccc(-c3ccccc3C#N)nc2)CC1. The van der Waals surface area contributed by atoms with Gasteiger partial charge in [-0.1, -0.05) is 18.2 Å². The molecule has 5 nitrogen and oxygen atoms in total. The summed E-state index contributed by atoms with van der Waals surface area (Å²) in [6.45, 7) is 1.75. The summed E-state index contributed by atoms with van der Waals surface area (Å²) in [5.74, 6) is -2.93. The minimum atomic E-state index is -2.70. The van der Waals surface area contributed by atoms with Gasteiger partial charge in [0.05, 0.1) is 29.4 Å². The number of hydrogen-bond acceptors (Lipinski definition) is 4. The number of benzene rings is 1. The Morgan fingerprint density at radius 3 is 2.61 bits per heavy atom. The molecule has 1 aromatic carbocycles. The average molecular weight is 384 g/mol. The van der Waals surface area contributed by atoms with Crippen molar-refractivity contribution in [3.05, 3.63) is 53.7 Å². The average Bonchev–Trinajstić information content (AvgIpc) is 2.68. The number of piperidine rings is 1. The lowest BCUT2D eigenvalue weighted by molar-refractivity contribution is -0.0205. The fraction of sp³-hybridized carbons (Fsp3) is 0.381. The molecular weight excluding hydrogens is 362 g/mol. The maximum atomic E-state index is 13.1. The number of nitrogens with one attached hydrogen (secondary N) is 1. The molecule has 1 amide bonds. The zero-order valence-corrected chi connectivity index (χ0v) is 15.7. The molecule has 1 N–H and O–H groups in total. The number of nitrogens with zero attached hydrogens (tertiary/aromatic N) is 3. The summed E-state index contributed by atoms with van der Waals surface area (Å²) in [5, 5.41) is 12.2. The Balaban J connectivity index is 1.58. The van der Waals surface area contributed by atoms with Crippen molar-refractivity contribution >= 4 is 5.91 Å². The van der Waals surface area contributed by atoms with Crippen LogP contribution in [0.2, 0.25) is 0 Å². The van der Waals surface area contributed by atoms with Crippen LogP contribution in [0, 0.1) is 11.3 Å². The zero-order valence-electron chi connectivity index (χ0n) is 15.7. The molecule has 3 rings (SSSR count). The van der Waals surface area contributed by atoms with Crippen molar-refractivity contribution < 1.29 is 13.6 Å². The molecule has 0 unspecified atom stereocenters. The first kappa shape index (κ1) is 19.9. The quantitative estimate of drug-likeness (QED) is 0.857. The molecule has 7 heteroatoms. The summed E-state index contributed by atoms with van der Waals surface area (Å²) in [7, 11) is 0. The monoisotopic (exact) mass is 384 g/mol. The number of pyridine rings is 1. The van der Waals surface area contributed by atoms with E-state index in [0.29, 0.717) is 42.8 Å². The zero-order chi connectivity index (χ0) is 20.1. The van der Waals surface area contributed by atoms with Crippen LogP contribution < -0.4 is 5.32 Å². The first-order chi connectivity index (χ1) is 13.4. The van der Waals surface area contributed by atoms with Gasteiger partial charge in [0.2, 0.25) is 0 Å². The van der Waals surface area contributed by atoms with E-state index in [9.17, 15) is 18.8 Å². The van der Waals surface area contributed by atoms with E-state index in [0.717, 1.165) is 12.5 Å². The van der Waals surface area contributed by atoms with Gasteiger partial charge < -0.3 is 5.32 Å². The van der Waals surface area contributed by atoms with E-state index in [-0.39, 0.29) is 18.5 Å². The lowest BCUT2D eigenvalue weighted by Gasteiger charge is -2.33. The van der Waals surface area contributed by atoms with Gasteiger partial charge in [-0.25, -0.2) is 8.78 Å². The lowest BCUT2D eigenvalue weighted by Crippen LogP contribution is -2.47. The molecule has 0 atom stereocenters. The van der Waals surface area contributed by atoms with Gasteiger partial charge in [0, 0.05) is 37.8 Å². The molecule has 28 heavy (non-hydrogen) atoms. The van der Waals surface area contributed by atoms with Gasteiger partial charge >= 0.3 is 0 Å². The largest absolute Gasteiger partial charge is 0.349 e. The molecule has 2 heterocycles. The second-order valence-corrected chi connectivity index (χ2v) is 7.18. The van der Waals surface area contributed by atoms with E-state index in [4.69, 9.17) is 0 Å². The van der Waals surface area contributed by atoms with Crippen LogP contribution in [0.3, 0.4) is 0 Å². The van der Waals surface area contributed by atoms with Crippen LogP contribution in [0.4, 0.5) is 8.78 Å². The summed E-state index contributed by atoms with van der Waals surface area (Å²) in [6, 6.07) is 12.7. The standard InChI is InChI=1S/C21H22F2N4O/c1-21(22,23)14-27-10-8-17(9-11-27)26-20(28)16-6-7-19(25-13-16)18-5-3-2-4-15(18)12-24/h2-7,13,17H,8-11,14H2,1H3,(H,26,28).